The second-order valence-electron chi connectivity index (χ2n) is 3.98. The molecule has 0 fully saturated rings. The lowest BCUT2D eigenvalue weighted by Crippen LogP contribution is -2.05. The van der Waals surface area contributed by atoms with E-state index in [1.807, 2.05) is 13.0 Å². The molecule has 1 heterocycles. The number of hydrogen-bond acceptors (Lipinski definition) is 5. The summed E-state index contributed by atoms with van der Waals surface area (Å²) in [6.45, 7) is 3.81. The Labute approximate surface area is 110 Å². The van der Waals surface area contributed by atoms with Crippen LogP contribution in [-0.2, 0) is 6.61 Å². The average Bonchev–Trinajstić information content (AvgIpc) is 2.73. The van der Waals surface area contributed by atoms with Crippen molar-refractivity contribution in [1.82, 2.24) is 10.2 Å². The molecule has 0 bridgehead atoms. The van der Waals surface area contributed by atoms with Gasteiger partial charge in [0.1, 0.15) is 5.75 Å². The number of halogens is 1. The van der Waals surface area contributed by atoms with Crippen molar-refractivity contribution in [2.75, 3.05) is 0 Å². The predicted molar refractivity (Wildman–Crippen MR) is 67.4 cm³/mol. The van der Waals surface area contributed by atoms with E-state index in [-0.39, 0.29) is 12.6 Å². The van der Waals surface area contributed by atoms with Gasteiger partial charge in [0.05, 0.1) is 5.02 Å². The average molecular weight is 268 g/mol. The van der Waals surface area contributed by atoms with E-state index in [9.17, 15) is 0 Å². The van der Waals surface area contributed by atoms with Gasteiger partial charge >= 0.3 is 0 Å². The quantitative estimate of drug-likeness (QED) is 0.922. The number of benzene rings is 1. The minimum Gasteiger partial charge on any atom is -0.482 e. The fourth-order valence-corrected chi connectivity index (χ4v) is 1.70. The summed E-state index contributed by atoms with van der Waals surface area (Å²) < 4.78 is 10.7. The first-order valence-electron chi connectivity index (χ1n) is 5.53. The number of aryl methyl sites for hydroxylation is 1. The van der Waals surface area contributed by atoms with Crippen LogP contribution in [0.5, 0.6) is 5.75 Å². The molecule has 0 saturated heterocycles. The highest BCUT2D eigenvalue weighted by molar-refractivity contribution is 6.32. The van der Waals surface area contributed by atoms with E-state index >= 15 is 0 Å². The van der Waals surface area contributed by atoms with E-state index in [0.717, 1.165) is 5.56 Å². The van der Waals surface area contributed by atoms with Crippen molar-refractivity contribution < 1.29 is 9.15 Å². The van der Waals surface area contributed by atoms with E-state index in [4.69, 9.17) is 26.5 Å². The smallest absolute Gasteiger partial charge is 0.253 e. The van der Waals surface area contributed by atoms with Gasteiger partial charge in [-0.15, -0.1) is 10.2 Å². The summed E-state index contributed by atoms with van der Waals surface area (Å²) in [6.07, 6.45) is 0. The maximum atomic E-state index is 6.10. The molecule has 96 valence electrons. The zero-order valence-electron chi connectivity index (χ0n) is 10.2. The van der Waals surface area contributed by atoms with E-state index in [1.165, 1.54) is 0 Å². The molecular formula is C12H14ClN3O2. The van der Waals surface area contributed by atoms with Gasteiger partial charge in [-0.1, -0.05) is 17.7 Å². The Kier molecular flexibility index (Phi) is 3.84. The first-order chi connectivity index (χ1) is 8.56. The van der Waals surface area contributed by atoms with Crippen LogP contribution in [0.25, 0.3) is 0 Å². The van der Waals surface area contributed by atoms with Crippen LogP contribution in [0.3, 0.4) is 0 Å². The topological polar surface area (TPSA) is 74.2 Å². The molecule has 1 atom stereocenters. The third kappa shape index (κ3) is 3.00. The van der Waals surface area contributed by atoms with Gasteiger partial charge in [-0.05, 0) is 24.6 Å². The minimum atomic E-state index is -0.0601. The molecule has 2 aromatic rings. The van der Waals surface area contributed by atoms with Gasteiger partial charge in [-0.3, -0.25) is 0 Å². The van der Waals surface area contributed by atoms with Gasteiger partial charge in [-0.25, -0.2) is 0 Å². The van der Waals surface area contributed by atoms with Crippen molar-refractivity contribution in [1.29, 1.82) is 0 Å². The second kappa shape index (κ2) is 5.37. The third-order valence-corrected chi connectivity index (χ3v) is 2.70. The number of hydrogen-bond donors (Lipinski definition) is 1. The summed E-state index contributed by atoms with van der Waals surface area (Å²) in [5.41, 5.74) is 6.73. The zero-order valence-corrected chi connectivity index (χ0v) is 10.9. The van der Waals surface area contributed by atoms with Crippen molar-refractivity contribution in [3.05, 3.63) is 40.6 Å². The van der Waals surface area contributed by atoms with E-state index in [0.29, 0.717) is 22.6 Å². The van der Waals surface area contributed by atoms with Crippen LogP contribution in [0.15, 0.2) is 22.6 Å². The summed E-state index contributed by atoms with van der Waals surface area (Å²) in [7, 11) is 0. The van der Waals surface area contributed by atoms with E-state index in [1.54, 1.807) is 19.1 Å². The molecule has 0 aliphatic rings. The SMILES string of the molecule is Cc1nnc(COc2ccc(C(C)N)cc2Cl)o1. The Balaban J connectivity index is 2.05. The monoisotopic (exact) mass is 267 g/mol. The molecule has 0 aliphatic heterocycles. The Bertz CT molecular complexity index is 540. The number of rotatable bonds is 4. The molecule has 0 aliphatic carbocycles. The first-order valence-corrected chi connectivity index (χ1v) is 5.91. The molecular weight excluding hydrogens is 254 g/mol. The fraction of sp³-hybridized carbons (Fsp3) is 0.333. The molecule has 2 N–H and O–H groups in total. The number of nitrogens with zero attached hydrogens (tertiary/aromatic N) is 2. The van der Waals surface area contributed by atoms with Crippen molar-refractivity contribution >= 4 is 11.6 Å². The standard InChI is InChI=1S/C12H14ClN3O2/c1-7(14)9-3-4-11(10(13)5-9)17-6-12-16-15-8(2)18-12/h3-5,7H,6,14H2,1-2H3. The van der Waals surface area contributed by atoms with Gasteiger partial charge < -0.3 is 14.9 Å². The Morgan fingerprint density at radius 1 is 1.44 bits per heavy atom. The maximum Gasteiger partial charge on any atom is 0.253 e. The van der Waals surface area contributed by atoms with Gasteiger partial charge in [-0.2, -0.15) is 0 Å². The first kappa shape index (κ1) is 12.9. The van der Waals surface area contributed by atoms with Crippen molar-refractivity contribution in [3.63, 3.8) is 0 Å². The normalized spacial score (nSPS) is 12.4. The van der Waals surface area contributed by atoms with Crippen molar-refractivity contribution in [2.45, 2.75) is 26.5 Å². The molecule has 6 heteroatoms. The maximum absolute atomic E-state index is 6.10. The summed E-state index contributed by atoms with van der Waals surface area (Å²) in [4.78, 5) is 0. The van der Waals surface area contributed by atoms with Gasteiger partial charge in [0.25, 0.3) is 5.89 Å². The minimum absolute atomic E-state index is 0.0601. The summed E-state index contributed by atoms with van der Waals surface area (Å²) in [6, 6.07) is 5.39. The fourth-order valence-electron chi connectivity index (χ4n) is 1.45. The highest BCUT2D eigenvalue weighted by Crippen LogP contribution is 2.27. The van der Waals surface area contributed by atoms with Crippen LogP contribution in [-0.4, -0.2) is 10.2 Å². The largest absolute Gasteiger partial charge is 0.482 e. The molecule has 5 nitrogen and oxygen atoms in total. The highest BCUT2D eigenvalue weighted by atomic mass is 35.5. The number of nitrogens with two attached hydrogens (primary N) is 1. The van der Waals surface area contributed by atoms with E-state index in [2.05, 4.69) is 10.2 Å². The van der Waals surface area contributed by atoms with Gasteiger partial charge in [0.2, 0.25) is 5.89 Å². The predicted octanol–water partition coefficient (Wildman–Crippen LogP) is 2.63. The van der Waals surface area contributed by atoms with Crippen LogP contribution in [0, 0.1) is 6.92 Å². The lowest BCUT2D eigenvalue weighted by atomic mass is 10.1. The molecule has 18 heavy (non-hydrogen) atoms. The lowest BCUT2D eigenvalue weighted by Gasteiger charge is -2.09. The molecule has 0 saturated carbocycles. The second-order valence-corrected chi connectivity index (χ2v) is 4.39. The highest BCUT2D eigenvalue weighted by Gasteiger charge is 2.08. The summed E-state index contributed by atoms with van der Waals surface area (Å²) in [5, 5.41) is 8.06. The molecule has 0 spiro atoms. The van der Waals surface area contributed by atoms with Crippen LogP contribution in [0.4, 0.5) is 0 Å². The summed E-state index contributed by atoms with van der Waals surface area (Å²) >= 11 is 6.10. The molecule has 1 aromatic carbocycles. The molecule has 0 amide bonds. The van der Waals surface area contributed by atoms with Crippen molar-refractivity contribution in [3.8, 4) is 5.75 Å². The molecule has 2 rings (SSSR count). The van der Waals surface area contributed by atoms with Crippen LogP contribution >= 0.6 is 11.6 Å². The van der Waals surface area contributed by atoms with Gasteiger partial charge in [0, 0.05) is 13.0 Å². The number of ether oxygens (including phenoxy) is 1. The Morgan fingerprint density at radius 2 is 2.22 bits per heavy atom. The summed E-state index contributed by atoms with van der Waals surface area (Å²) in [5.74, 6) is 1.49. The van der Waals surface area contributed by atoms with Crippen LogP contribution in [0.2, 0.25) is 5.02 Å². The molecule has 1 aromatic heterocycles. The van der Waals surface area contributed by atoms with Crippen molar-refractivity contribution in [2.24, 2.45) is 5.73 Å². The number of aromatic nitrogens is 2. The molecule has 1 unspecified atom stereocenters. The molecule has 0 radical (unpaired) electrons. The Morgan fingerprint density at radius 3 is 2.78 bits per heavy atom. The third-order valence-electron chi connectivity index (χ3n) is 2.40. The zero-order chi connectivity index (χ0) is 13.1. The van der Waals surface area contributed by atoms with Crippen LogP contribution < -0.4 is 10.5 Å². The Hall–Kier alpha value is -1.59. The lowest BCUT2D eigenvalue weighted by molar-refractivity contribution is 0.260. The van der Waals surface area contributed by atoms with E-state index < -0.39 is 0 Å². The van der Waals surface area contributed by atoms with Crippen LogP contribution in [0.1, 0.15) is 30.3 Å². The van der Waals surface area contributed by atoms with Gasteiger partial charge in [0.15, 0.2) is 6.61 Å².